The van der Waals surface area contributed by atoms with Crippen molar-refractivity contribution in [2.45, 2.75) is 19.4 Å². The van der Waals surface area contributed by atoms with Crippen LogP contribution in [0, 0.1) is 11.3 Å². The van der Waals surface area contributed by atoms with Gasteiger partial charge in [0.15, 0.2) is 0 Å². The second-order valence-electron chi connectivity index (χ2n) is 3.09. The van der Waals surface area contributed by atoms with Gasteiger partial charge in [-0.1, -0.05) is 0 Å². The number of aliphatic hydroxyl groups excluding tert-OH is 1. The molecule has 2 N–H and O–H groups in total. The van der Waals surface area contributed by atoms with Crippen LogP contribution >= 0.6 is 0 Å². The molecule has 1 aromatic heterocycles. The van der Waals surface area contributed by atoms with E-state index in [4.69, 9.17) is 10.4 Å². The first-order chi connectivity index (χ1) is 6.77. The molecule has 4 nitrogen and oxygen atoms in total. The molecule has 0 aromatic carbocycles. The summed E-state index contributed by atoms with van der Waals surface area (Å²) in [5, 5.41) is 20.6. The van der Waals surface area contributed by atoms with Crippen molar-refractivity contribution in [1.29, 1.82) is 5.26 Å². The van der Waals surface area contributed by atoms with Crippen molar-refractivity contribution in [2.75, 3.05) is 11.9 Å². The van der Waals surface area contributed by atoms with Crippen LogP contribution in [0.3, 0.4) is 0 Å². The molecule has 4 heteroatoms. The molecule has 0 amide bonds. The fourth-order valence-corrected chi connectivity index (χ4v) is 1.14. The summed E-state index contributed by atoms with van der Waals surface area (Å²) < 4.78 is 0. The van der Waals surface area contributed by atoms with Crippen LogP contribution in [-0.2, 0) is 0 Å². The molecule has 14 heavy (non-hydrogen) atoms. The first kappa shape index (κ1) is 10.5. The van der Waals surface area contributed by atoms with Crippen molar-refractivity contribution in [3.05, 3.63) is 24.0 Å². The van der Waals surface area contributed by atoms with E-state index in [0.29, 0.717) is 12.0 Å². The minimum absolute atomic E-state index is 0.135. The monoisotopic (exact) mass is 191 g/mol. The molecule has 1 atom stereocenters. The third-order valence-electron chi connectivity index (χ3n) is 1.91. The predicted octanol–water partition coefficient (Wildman–Crippen LogP) is 1.14. The van der Waals surface area contributed by atoms with Gasteiger partial charge in [-0.3, -0.25) is 4.98 Å². The third kappa shape index (κ3) is 2.71. The largest absolute Gasteiger partial charge is 0.396 e. The van der Waals surface area contributed by atoms with Gasteiger partial charge < -0.3 is 10.4 Å². The van der Waals surface area contributed by atoms with Gasteiger partial charge in [-0.25, -0.2) is 0 Å². The molecular weight excluding hydrogens is 178 g/mol. The summed E-state index contributed by atoms with van der Waals surface area (Å²) in [6.45, 7) is 2.08. The lowest BCUT2D eigenvalue weighted by molar-refractivity contribution is 0.282. The van der Waals surface area contributed by atoms with Crippen molar-refractivity contribution in [3.8, 4) is 6.07 Å². The number of rotatable bonds is 4. The first-order valence-electron chi connectivity index (χ1n) is 4.49. The zero-order valence-electron chi connectivity index (χ0n) is 8.07. The maximum absolute atomic E-state index is 8.79. The SMILES string of the molecule is CC(CCO)Nc1cnccc1C#N. The van der Waals surface area contributed by atoms with Crippen molar-refractivity contribution in [1.82, 2.24) is 4.98 Å². The minimum atomic E-state index is 0.135. The fourth-order valence-electron chi connectivity index (χ4n) is 1.14. The topological polar surface area (TPSA) is 68.9 Å². The van der Waals surface area contributed by atoms with Gasteiger partial charge in [0.05, 0.1) is 17.4 Å². The van der Waals surface area contributed by atoms with E-state index in [1.807, 2.05) is 6.92 Å². The van der Waals surface area contributed by atoms with E-state index in [0.717, 1.165) is 5.69 Å². The highest BCUT2D eigenvalue weighted by Crippen LogP contribution is 2.13. The standard InChI is InChI=1S/C10H13N3O/c1-8(3-5-14)13-10-7-12-4-2-9(10)6-11/h2,4,7-8,13-14H,3,5H2,1H3. The summed E-state index contributed by atoms with van der Waals surface area (Å²) in [4.78, 5) is 3.93. The van der Waals surface area contributed by atoms with Crippen LogP contribution < -0.4 is 5.32 Å². The third-order valence-corrected chi connectivity index (χ3v) is 1.91. The number of anilines is 1. The fraction of sp³-hybridized carbons (Fsp3) is 0.400. The zero-order chi connectivity index (χ0) is 10.4. The number of nitrogens with zero attached hydrogens (tertiary/aromatic N) is 2. The van der Waals surface area contributed by atoms with Crippen LogP contribution in [0.15, 0.2) is 18.5 Å². The quantitative estimate of drug-likeness (QED) is 0.748. The van der Waals surface area contributed by atoms with Crippen LogP contribution in [0.4, 0.5) is 5.69 Å². The van der Waals surface area contributed by atoms with Crippen LogP contribution in [0.25, 0.3) is 0 Å². The molecule has 1 rings (SSSR count). The lowest BCUT2D eigenvalue weighted by Gasteiger charge is -2.14. The average molecular weight is 191 g/mol. The van der Waals surface area contributed by atoms with Crippen LogP contribution in [0.1, 0.15) is 18.9 Å². The van der Waals surface area contributed by atoms with Crippen molar-refractivity contribution < 1.29 is 5.11 Å². The molecule has 0 saturated carbocycles. The van der Waals surface area contributed by atoms with Gasteiger partial charge in [0.25, 0.3) is 0 Å². The van der Waals surface area contributed by atoms with Gasteiger partial charge in [-0.15, -0.1) is 0 Å². The normalized spacial score (nSPS) is 11.8. The van der Waals surface area contributed by atoms with E-state index >= 15 is 0 Å². The van der Waals surface area contributed by atoms with Crippen LogP contribution in [-0.4, -0.2) is 22.7 Å². The second kappa shape index (κ2) is 5.20. The second-order valence-corrected chi connectivity index (χ2v) is 3.09. The molecule has 0 aliphatic rings. The highest BCUT2D eigenvalue weighted by atomic mass is 16.3. The maximum atomic E-state index is 8.79. The molecule has 1 heterocycles. The first-order valence-corrected chi connectivity index (χ1v) is 4.49. The summed E-state index contributed by atoms with van der Waals surface area (Å²) in [6.07, 6.45) is 3.85. The Kier molecular flexibility index (Phi) is 3.89. The van der Waals surface area contributed by atoms with Gasteiger partial charge in [-0.05, 0) is 19.4 Å². The number of pyridine rings is 1. The molecule has 0 radical (unpaired) electrons. The van der Waals surface area contributed by atoms with E-state index in [1.54, 1.807) is 18.5 Å². The number of aliphatic hydroxyl groups is 1. The smallest absolute Gasteiger partial charge is 0.101 e. The molecule has 1 aromatic rings. The Balaban J connectivity index is 2.71. The molecular formula is C10H13N3O. The van der Waals surface area contributed by atoms with Crippen molar-refractivity contribution >= 4 is 5.69 Å². The molecule has 0 bridgehead atoms. The predicted molar refractivity (Wildman–Crippen MR) is 53.7 cm³/mol. The lowest BCUT2D eigenvalue weighted by Crippen LogP contribution is -2.17. The molecule has 0 fully saturated rings. The Hall–Kier alpha value is -1.60. The summed E-state index contributed by atoms with van der Waals surface area (Å²) in [6, 6.07) is 3.87. The van der Waals surface area contributed by atoms with E-state index < -0.39 is 0 Å². The molecule has 0 aliphatic carbocycles. The Morgan fingerprint density at radius 2 is 2.50 bits per heavy atom. The zero-order valence-corrected chi connectivity index (χ0v) is 8.07. The van der Waals surface area contributed by atoms with Gasteiger partial charge in [-0.2, -0.15) is 5.26 Å². The molecule has 74 valence electrons. The Labute approximate surface area is 83.2 Å². The summed E-state index contributed by atoms with van der Waals surface area (Å²) in [7, 11) is 0. The number of hydrogen-bond acceptors (Lipinski definition) is 4. The van der Waals surface area contributed by atoms with Gasteiger partial charge in [0.2, 0.25) is 0 Å². The van der Waals surface area contributed by atoms with E-state index in [9.17, 15) is 0 Å². The van der Waals surface area contributed by atoms with Gasteiger partial charge >= 0.3 is 0 Å². The summed E-state index contributed by atoms with van der Waals surface area (Å²) in [5.41, 5.74) is 1.29. The minimum Gasteiger partial charge on any atom is -0.396 e. The van der Waals surface area contributed by atoms with E-state index in [1.165, 1.54) is 0 Å². The van der Waals surface area contributed by atoms with E-state index in [2.05, 4.69) is 16.4 Å². The van der Waals surface area contributed by atoms with Crippen molar-refractivity contribution in [3.63, 3.8) is 0 Å². The highest BCUT2D eigenvalue weighted by Gasteiger charge is 2.04. The highest BCUT2D eigenvalue weighted by molar-refractivity contribution is 5.55. The van der Waals surface area contributed by atoms with Crippen LogP contribution in [0.5, 0.6) is 0 Å². The number of hydrogen-bond donors (Lipinski definition) is 2. The average Bonchev–Trinajstić information content (AvgIpc) is 2.19. The number of nitrogens with one attached hydrogen (secondary N) is 1. The van der Waals surface area contributed by atoms with Gasteiger partial charge in [0, 0.05) is 18.8 Å². The van der Waals surface area contributed by atoms with Gasteiger partial charge in [0.1, 0.15) is 6.07 Å². The van der Waals surface area contributed by atoms with Crippen molar-refractivity contribution in [2.24, 2.45) is 0 Å². The number of nitriles is 1. The molecule has 0 aliphatic heterocycles. The molecule has 0 spiro atoms. The lowest BCUT2D eigenvalue weighted by atomic mass is 10.2. The maximum Gasteiger partial charge on any atom is 0.101 e. The van der Waals surface area contributed by atoms with E-state index in [-0.39, 0.29) is 12.6 Å². The summed E-state index contributed by atoms with van der Waals surface area (Å²) >= 11 is 0. The summed E-state index contributed by atoms with van der Waals surface area (Å²) in [5.74, 6) is 0. The molecule has 1 unspecified atom stereocenters. The van der Waals surface area contributed by atoms with Crippen LogP contribution in [0.2, 0.25) is 0 Å². The molecule has 0 saturated heterocycles. The Bertz CT molecular complexity index is 332. The number of aromatic nitrogens is 1. The Morgan fingerprint density at radius 1 is 1.71 bits per heavy atom. The Morgan fingerprint density at radius 3 is 3.14 bits per heavy atom.